The first kappa shape index (κ1) is 19.6. The van der Waals surface area contributed by atoms with E-state index in [1.54, 1.807) is 24.3 Å². The van der Waals surface area contributed by atoms with E-state index in [9.17, 15) is 9.59 Å². The minimum Gasteiger partial charge on any atom is -0.354 e. The van der Waals surface area contributed by atoms with Crippen LogP contribution >= 0.6 is 11.6 Å². The molecular formula is C22H25ClN2O2. The number of carbonyl (C=O) groups is 2. The Morgan fingerprint density at radius 2 is 1.63 bits per heavy atom. The number of Topliss-reactive ketones (excluding diaryl/α,β-unsaturated/α-hetero) is 1. The summed E-state index contributed by atoms with van der Waals surface area (Å²) in [5.41, 5.74) is 1.69. The summed E-state index contributed by atoms with van der Waals surface area (Å²) < 4.78 is 0. The van der Waals surface area contributed by atoms with Crippen molar-refractivity contribution in [3.63, 3.8) is 0 Å². The number of halogens is 1. The van der Waals surface area contributed by atoms with Crippen LogP contribution in [0.5, 0.6) is 0 Å². The molecule has 142 valence electrons. The number of hydrogen-bond donors (Lipinski definition) is 1. The molecule has 0 saturated carbocycles. The Morgan fingerprint density at radius 1 is 0.963 bits per heavy atom. The van der Waals surface area contributed by atoms with E-state index < -0.39 is 0 Å². The number of amides is 1. The summed E-state index contributed by atoms with van der Waals surface area (Å²) in [6.07, 6.45) is 2.73. The van der Waals surface area contributed by atoms with Crippen LogP contribution in [0.3, 0.4) is 0 Å². The van der Waals surface area contributed by atoms with Crippen LogP contribution in [0.4, 0.5) is 0 Å². The van der Waals surface area contributed by atoms with E-state index in [2.05, 4.69) is 22.3 Å². The molecule has 1 saturated heterocycles. The minimum atomic E-state index is -0.102. The first-order valence-electron chi connectivity index (χ1n) is 9.48. The van der Waals surface area contributed by atoms with Gasteiger partial charge in [0.05, 0.1) is 11.1 Å². The molecule has 0 radical (unpaired) electrons. The third-order valence-corrected chi connectivity index (χ3v) is 5.34. The zero-order chi connectivity index (χ0) is 19.1. The highest BCUT2D eigenvalue weighted by Gasteiger charge is 2.23. The van der Waals surface area contributed by atoms with Gasteiger partial charge >= 0.3 is 0 Å². The first-order valence-corrected chi connectivity index (χ1v) is 9.86. The lowest BCUT2D eigenvalue weighted by molar-refractivity contribution is -0.121. The molecule has 1 aliphatic rings. The van der Waals surface area contributed by atoms with Crippen LogP contribution in [-0.4, -0.2) is 36.2 Å². The van der Waals surface area contributed by atoms with Crippen LogP contribution in [0.15, 0.2) is 54.6 Å². The Kier molecular flexibility index (Phi) is 7.02. The monoisotopic (exact) mass is 384 g/mol. The molecule has 1 N–H and O–H groups in total. The molecule has 1 unspecified atom stereocenters. The lowest BCUT2D eigenvalue weighted by Crippen LogP contribution is -2.36. The van der Waals surface area contributed by atoms with Crippen molar-refractivity contribution in [1.29, 1.82) is 0 Å². The molecular weight excluding hydrogens is 360 g/mol. The average Bonchev–Trinajstić information content (AvgIpc) is 3.22. The number of benzene rings is 2. The van der Waals surface area contributed by atoms with Crippen LogP contribution in [0.2, 0.25) is 5.02 Å². The highest BCUT2D eigenvalue weighted by atomic mass is 35.5. The normalized spacial score (nSPS) is 15.4. The maximum atomic E-state index is 12.3. The molecule has 3 rings (SSSR count). The Labute approximate surface area is 165 Å². The third-order valence-electron chi connectivity index (χ3n) is 5.01. The van der Waals surface area contributed by atoms with E-state index >= 15 is 0 Å². The Hall–Kier alpha value is -2.17. The van der Waals surface area contributed by atoms with Crippen molar-refractivity contribution in [3.8, 4) is 0 Å². The average molecular weight is 385 g/mol. The number of nitrogens with one attached hydrogen (secondary N) is 1. The second-order valence-corrected chi connectivity index (χ2v) is 7.28. The van der Waals surface area contributed by atoms with Crippen molar-refractivity contribution in [1.82, 2.24) is 10.2 Å². The van der Waals surface area contributed by atoms with E-state index in [0.29, 0.717) is 17.1 Å². The number of likely N-dealkylation sites (tertiary alicyclic amines) is 1. The smallest absolute Gasteiger partial charge is 0.220 e. The topological polar surface area (TPSA) is 49.4 Å². The van der Waals surface area contributed by atoms with Gasteiger partial charge in [0, 0.05) is 24.9 Å². The van der Waals surface area contributed by atoms with E-state index in [1.807, 2.05) is 18.2 Å². The largest absolute Gasteiger partial charge is 0.354 e. The first-order chi connectivity index (χ1) is 13.1. The van der Waals surface area contributed by atoms with Gasteiger partial charge in [0.1, 0.15) is 0 Å². The predicted octanol–water partition coefficient (Wildman–Crippen LogP) is 4.26. The summed E-state index contributed by atoms with van der Waals surface area (Å²) >= 11 is 6.05. The van der Waals surface area contributed by atoms with Crippen LogP contribution in [0.25, 0.3) is 0 Å². The lowest BCUT2D eigenvalue weighted by Gasteiger charge is -2.28. The van der Waals surface area contributed by atoms with Gasteiger partial charge in [-0.3, -0.25) is 14.5 Å². The van der Waals surface area contributed by atoms with Crippen LogP contribution in [0, 0.1) is 0 Å². The molecule has 1 aliphatic heterocycles. The Bertz CT molecular complexity index is 773. The van der Waals surface area contributed by atoms with Crippen LogP contribution in [-0.2, 0) is 4.79 Å². The maximum Gasteiger partial charge on any atom is 0.220 e. The van der Waals surface area contributed by atoms with Crippen molar-refractivity contribution in [2.45, 2.75) is 31.7 Å². The fraction of sp³-hybridized carbons (Fsp3) is 0.364. The molecule has 0 aromatic heterocycles. The second-order valence-electron chi connectivity index (χ2n) is 6.88. The molecule has 0 bridgehead atoms. The molecule has 2 aromatic rings. The Morgan fingerprint density at radius 3 is 2.33 bits per heavy atom. The summed E-state index contributed by atoms with van der Waals surface area (Å²) in [6.45, 7) is 2.67. The van der Waals surface area contributed by atoms with Gasteiger partial charge in [-0.05, 0) is 43.6 Å². The minimum absolute atomic E-state index is 0.101. The van der Waals surface area contributed by atoms with Gasteiger partial charge in [-0.15, -0.1) is 0 Å². The van der Waals surface area contributed by atoms with E-state index in [1.165, 1.54) is 18.4 Å². The molecule has 5 heteroatoms. The van der Waals surface area contributed by atoms with Gasteiger partial charge in [-0.1, -0.05) is 54.1 Å². The summed E-state index contributed by atoms with van der Waals surface area (Å²) in [5, 5.41) is 3.45. The predicted molar refractivity (Wildman–Crippen MR) is 108 cm³/mol. The van der Waals surface area contributed by atoms with Gasteiger partial charge in [-0.2, -0.15) is 0 Å². The second kappa shape index (κ2) is 9.67. The van der Waals surface area contributed by atoms with Gasteiger partial charge in [0.2, 0.25) is 5.91 Å². The fourth-order valence-corrected chi connectivity index (χ4v) is 3.78. The number of carbonyl (C=O) groups excluding carboxylic acids is 2. The molecule has 27 heavy (non-hydrogen) atoms. The molecule has 2 aromatic carbocycles. The summed E-state index contributed by atoms with van der Waals surface area (Å²) in [6, 6.07) is 17.4. The molecule has 4 nitrogen and oxygen atoms in total. The van der Waals surface area contributed by atoms with Crippen molar-refractivity contribution >= 4 is 23.3 Å². The summed E-state index contributed by atoms with van der Waals surface area (Å²) in [5.74, 6) is -0.203. The number of rotatable bonds is 8. The van der Waals surface area contributed by atoms with Gasteiger partial charge in [0.25, 0.3) is 0 Å². The zero-order valence-electron chi connectivity index (χ0n) is 15.4. The van der Waals surface area contributed by atoms with E-state index in [4.69, 9.17) is 11.6 Å². The highest BCUT2D eigenvalue weighted by molar-refractivity contribution is 6.34. The highest BCUT2D eigenvalue weighted by Crippen LogP contribution is 2.24. The van der Waals surface area contributed by atoms with Gasteiger partial charge in [0.15, 0.2) is 5.78 Å². The van der Waals surface area contributed by atoms with Crippen LogP contribution < -0.4 is 5.32 Å². The molecule has 0 spiro atoms. The molecule has 1 heterocycles. The van der Waals surface area contributed by atoms with Crippen molar-refractivity contribution in [2.24, 2.45) is 0 Å². The van der Waals surface area contributed by atoms with Gasteiger partial charge < -0.3 is 5.32 Å². The molecule has 1 amide bonds. The number of hydrogen-bond acceptors (Lipinski definition) is 3. The standard InChI is InChI=1S/C22H25ClN2O2/c23-19-11-5-4-10-18(19)21(26)12-13-22(27)24-16-20(25-14-6-7-15-25)17-8-2-1-3-9-17/h1-5,8-11,20H,6-7,12-16H2,(H,24,27). The maximum absolute atomic E-state index is 12.3. The zero-order valence-corrected chi connectivity index (χ0v) is 16.1. The van der Waals surface area contributed by atoms with E-state index in [0.717, 1.165) is 13.1 Å². The molecule has 0 aliphatic carbocycles. The van der Waals surface area contributed by atoms with Gasteiger partial charge in [-0.25, -0.2) is 0 Å². The molecule has 1 fully saturated rings. The number of ketones is 1. The van der Waals surface area contributed by atoms with E-state index in [-0.39, 0.29) is 30.6 Å². The lowest BCUT2D eigenvalue weighted by atomic mass is 10.0. The van der Waals surface area contributed by atoms with Crippen LogP contribution in [0.1, 0.15) is 47.6 Å². The SMILES string of the molecule is O=C(CCC(=O)c1ccccc1Cl)NCC(c1ccccc1)N1CCCC1. The van der Waals surface area contributed by atoms with Crippen molar-refractivity contribution in [2.75, 3.05) is 19.6 Å². The van der Waals surface area contributed by atoms with Crippen molar-refractivity contribution in [3.05, 3.63) is 70.7 Å². The summed E-state index contributed by atoms with van der Waals surface area (Å²) in [7, 11) is 0. The third kappa shape index (κ3) is 5.41. The fourth-order valence-electron chi connectivity index (χ4n) is 3.53. The number of nitrogens with zero attached hydrogens (tertiary/aromatic N) is 1. The quantitative estimate of drug-likeness (QED) is 0.692. The summed E-state index contributed by atoms with van der Waals surface area (Å²) in [4.78, 5) is 27.0. The Balaban J connectivity index is 1.53. The molecule has 1 atom stereocenters. The van der Waals surface area contributed by atoms with Crippen molar-refractivity contribution < 1.29 is 9.59 Å².